The van der Waals surface area contributed by atoms with Gasteiger partial charge in [-0.25, -0.2) is 0 Å². The van der Waals surface area contributed by atoms with Crippen molar-refractivity contribution in [1.82, 2.24) is 5.32 Å². The number of unbranched alkanes of at least 4 members (excludes halogenated alkanes) is 27. The Bertz CT molecular complexity index is 865. The van der Waals surface area contributed by atoms with Gasteiger partial charge in [0, 0.05) is 6.42 Å². The second kappa shape index (κ2) is 35.9. The number of amides is 1. The van der Waals surface area contributed by atoms with Crippen LogP contribution in [0.25, 0.3) is 0 Å². The number of nitrogens with zero attached hydrogens (tertiary/aromatic N) is 1. The molecule has 52 heavy (non-hydrogen) atoms. The topological polar surface area (TPSA) is 108 Å². The van der Waals surface area contributed by atoms with E-state index in [0.717, 1.165) is 44.9 Å². The highest BCUT2D eigenvalue weighted by molar-refractivity contribution is 7.45. The van der Waals surface area contributed by atoms with Crippen LogP contribution in [0.5, 0.6) is 0 Å². The summed E-state index contributed by atoms with van der Waals surface area (Å²) in [6.45, 7) is 4.54. The number of carbonyl (C=O) groups excluding carboxylic acids is 1. The van der Waals surface area contributed by atoms with Gasteiger partial charge in [-0.15, -0.1) is 0 Å². The van der Waals surface area contributed by atoms with Crippen molar-refractivity contribution >= 4 is 13.7 Å². The molecule has 0 aliphatic rings. The van der Waals surface area contributed by atoms with Crippen LogP contribution in [0, 0.1) is 0 Å². The van der Waals surface area contributed by atoms with Crippen molar-refractivity contribution in [1.29, 1.82) is 0 Å². The van der Waals surface area contributed by atoms with Gasteiger partial charge in [0.15, 0.2) is 0 Å². The first-order valence-corrected chi connectivity index (χ1v) is 23.5. The first kappa shape index (κ1) is 51.2. The number of hydrogen-bond acceptors (Lipinski definition) is 6. The molecule has 3 unspecified atom stereocenters. The van der Waals surface area contributed by atoms with E-state index in [4.69, 9.17) is 9.05 Å². The monoisotopic (exact) mass is 759 g/mol. The number of phosphoric ester groups is 1. The molecule has 2 N–H and O–H groups in total. The summed E-state index contributed by atoms with van der Waals surface area (Å²) in [7, 11) is 1.26. The third-order valence-electron chi connectivity index (χ3n) is 10.00. The Labute approximate surface area is 322 Å². The SMILES string of the molecule is CCCCC/C=C/C(O)C(COP(=O)([O-])OCC[N+](C)(C)C)NC(=O)CCCCCCCCCCCCCCCCCCCCCCCCCCC. The highest BCUT2D eigenvalue weighted by atomic mass is 31.2. The minimum Gasteiger partial charge on any atom is -0.756 e. The third-order valence-corrected chi connectivity index (χ3v) is 11.0. The zero-order valence-electron chi connectivity index (χ0n) is 35.0. The molecular formula is C43H87N2O6P. The van der Waals surface area contributed by atoms with Crippen LogP contribution in [0.2, 0.25) is 0 Å². The van der Waals surface area contributed by atoms with Crippen molar-refractivity contribution in [2.45, 2.75) is 219 Å². The van der Waals surface area contributed by atoms with Crippen molar-refractivity contribution in [2.24, 2.45) is 0 Å². The van der Waals surface area contributed by atoms with Crippen molar-refractivity contribution < 1.29 is 32.9 Å². The summed E-state index contributed by atoms with van der Waals surface area (Å²) in [4.78, 5) is 25.0. The summed E-state index contributed by atoms with van der Waals surface area (Å²) in [5, 5.41) is 13.5. The van der Waals surface area contributed by atoms with E-state index >= 15 is 0 Å². The van der Waals surface area contributed by atoms with Crippen LogP contribution in [0.3, 0.4) is 0 Å². The fraction of sp³-hybridized carbons (Fsp3) is 0.930. The third kappa shape index (κ3) is 37.6. The van der Waals surface area contributed by atoms with Crippen LogP contribution in [-0.2, 0) is 18.4 Å². The molecule has 8 nitrogen and oxygen atoms in total. The molecule has 1 amide bonds. The number of hydrogen-bond donors (Lipinski definition) is 2. The van der Waals surface area contributed by atoms with Gasteiger partial charge < -0.3 is 28.8 Å². The van der Waals surface area contributed by atoms with Gasteiger partial charge in [0.1, 0.15) is 13.2 Å². The predicted octanol–water partition coefficient (Wildman–Crippen LogP) is 11.3. The number of allylic oxidation sites excluding steroid dienone is 1. The maximum absolute atomic E-state index is 12.7. The van der Waals surface area contributed by atoms with E-state index in [0.29, 0.717) is 17.4 Å². The van der Waals surface area contributed by atoms with Crippen LogP contribution in [0.4, 0.5) is 0 Å². The molecule has 0 aliphatic carbocycles. The Morgan fingerprint density at radius 1 is 0.654 bits per heavy atom. The fourth-order valence-corrected chi connectivity index (χ4v) is 7.17. The van der Waals surface area contributed by atoms with Crippen LogP contribution in [0.1, 0.15) is 206 Å². The zero-order chi connectivity index (χ0) is 38.6. The van der Waals surface area contributed by atoms with E-state index in [1.54, 1.807) is 6.08 Å². The normalized spacial score (nSPS) is 14.5. The molecule has 3 atom stereocenters. The molecule has 0 saturated carbocycles. The lowest BCUT2D eigenvalue weighted by molar-refractivity contribution is -0.870. The standard InChI is InChI=1S/C43H87N2O6P/c1-6-8-10-12-13-14-15-16-17-18-19-20-21-22-23-24-25-26-27-28-29-30-31-33-35-37-43(47)44-41(42(46)36-34-32-11-9-7-2)40-51-52(48,49)50-39-38-45(3,4)5/h34,36,41-42,46H,6-33,35,37-40H2,1-5H3,(H-,44,47,48,49)/b36-34+. The highest BCUT2D eigenvalue weighted by Gasteiger charge is 2.23. The molecule has 310 valence electrons. The Kier molecular flexibility index (Phi) is 35.4. The van der Waals surface area contributed by atoms with Crippen molar-refractivity contribution in [3.63, 3.8) is 0 Å². The first-order chi connectivity index (χ1) is 25.0. The molecule has 0 bridgehead atoms. The smallest absolute Gasteiger partial charge is 0.268 e. The van der Waals surface area contributed by atoms with Crippen molar-refractivity contribution in [3.05, 3.63) is 12.2 Å². The lowest BCUT2D eigenvalue weighted by atomic mass is 10.0. The van der Waals surface area contributed by atoms with Gasteiger partial charge in [0.2, 0.25) is 5.91 Å². The lowest BCUT2D eigenvalue weighted by Gasteiger charge is -2.29. The summed E-state index contributed by atoms with van der Waals surface area (Å²) in [5.74, 6) is -0.201. The molecule has 0 rings (SSSR count). The Hall–Kier alpha value is -0.760. The molecule has 0 aromatic rings. The molecule has 0 aliphatic heterocycles. The minimum atomic E-state index is -4.56. The summed E-state index contributed by atoms with van der Waals surface area (Å²) in [5.41, 5.74) is 0. The second-order valence-corrected chi connectivity index (χ2v) is 17.8. The molecule has 0 radical (unpaired) electrons. The Morgan fingerprint density at radius 2 is 1.04 bits per heavy atom. The maximum atomic E-state index is 12.7. The Balaban J connectivity index is 3.94. The molecule has 0 saturated heterocycles. The van der Waals surface area contributed by atoms with E-state index in [9.17, 15) is 19.4 Å². The van der Waals surface area contributed by atoms with Gasteiger partial charge >= 0.3 is 0 Å². The van der Waals surface area contributed by atoms with Gasteiger partial charge in [0.05, 0.1) is 39.9 Å². The summed E-state index contributed by atoms with van der Waals surface area (Å²) < 4.78 is 23.0. The predicted molar refractivity (Wildman–Crippen MR) is 219 cm³/mol. The van der Waals surface area contributed by atoms with E-state index < -0.39 is 20.0 Å². The van der Waals surface area contributed by atoms with Crippen molar-refractivity contribution in [3.8, 4) is 0 Å². The van der Waals surface area contributed by atoms with Gasteiger partial charge in [-0.1, -0.05) is 193 Å². The van der Waals surface area contributed by atoms with Gasteiger partial charge in [-0.2, -0.15) is 0 Å². The van der Waals surface area contributed by atoms with Crippen molar-refractivity contribution in [2.75, 3.05) is 40.9 Å². The average Bonchev–Trinajstić information content (AvgIpc) is 3.09. The Morgan fingerprint density at radius 3 is 1.44 bits per heavy atom. The number of aliphatic hydroxyl groups is 1. The maximum Gasteiger partial charge on any atom is 0.268 e. The van der Waals surface area contributed by atoms with E-state index in [-0.39, 0.29) is 19.1 Å². The quantitative estimate of drug-likeness (QED) is 0.0279. The van der Waals surface area contributed by atoms with Crippen LogP contribution >= 0.6 is 7.82 Å². The van der Waals surface area contributed by atoms with E-state index in [1.165, 1.54) is 141 Å². The zero-order valence-corrected chi connectivity index (χ0v) is 35.9. The number of likely N-dealkylation sites (N-methyl/N-ethyl adjacent to an activating group) is 1. The molecule has 0 aromatic carbocycles. The summed E-state index contributed by atoms with van der Waals surface area (Å²) in [6.07, 6.45) is 40.3. The minimum absolute atomic E-state index is 0.000771. The van der Waals surface area contributed by atoms with Gasteiger partial charge in [-0.3, -0.25) is 9.36 Å². The molecule has 0 fully saturated rings. The molecular weight excluding hydrogens is 671 g/mol. The lowest BCUT2D eigenvalue weighted by Crippen LogP contribution is -2.45. The van der Waals surface area contributed by atoms with Gasteiger partial charge in [0.25, 0.3) is 7.82 Å². The first-order valence-electron chi connectivity index (χ1n) is 22.1. The molecule has 0 heterocycles. The summed E-state index contributed by atoms with van der Waals surface area (Å²) >= 11 is 0. The molecule has 9 heteroatoms. The molecule has 0 spiro atoms. The van der Waals surface area contributed by atoms with E-state index in [2.05, 4.69) is 19.2 Å². The highest BCUT2D eigenvalue weighted by Crippen LogP contribution is 2.38. The van der Waals surface area contributed by atoms with E-state index in [1.807, 2.05) is 27.2 Å². The number of aliphatic hydroxyl groups excluding tert-OH is 1. The number of nitrogens with one attached hydrogen (secondary N) is 1. The number of quaternary nitrogens is 1. The van der Waals surface area contributed by atoms with Crippen LogP contribution in [-0.4, -0.2) is 68.5 Å². The fourth-order valence-electron chi connectivity index (χ4n) is 6.45. The summed E-state index contributed by atoms with van der Waals surface area (Å²) in [6, 6.07) is -0.876. The van der Waals surface area contributed by atoms with Gasteiger partial charge in [-0.05, 0) is 19.3 Å². The van der Waals surface area contributed by atoms with Crippen LogP contribution < -0.4 is 10.2 Å². The average molecular weight is 759 g/mol. The number of phosphoric acid groups is 1. The second-order valence-electron chi connectivity index (χ2n) is 16.4. The number of carbonyl (C=O) groups is 1. The molecule has 0 aromatic heterocycles. The largest absolute Gasteiger partial charge is 0.756 e. The number of rotatable bonds is 40. The van der Waals surface area contributed by atoms with Crippen LogP contribution in [0.15, 0.2) is 12.2 Å².